The van der Waals surface area contributed by atoms with Crippen molar-refractivity contribution in [2.45, 2.75) is 49.9 Å². The molecule has 0 radical (unpaired) electrons. The Morgan fingerprint density at radius 2 is 1.50 bits per heavy atom. The molecule has 3 rings (SSSR count). The number of piperidine rings is 1. The Labute approximate surface area is 104 Å². The van der Waals surface area contributed by atoms with Crippen LogP contribution in [-0.2, 0) is 6.18 Å². The summed E-state index contributed by atoms with van der Waals surface area (Å²) >= 11 is 0. The molecular formula is C14H16F3N. The third-order valence-electron chi connectivity index (χ3n) is 4.18. The van der Waals surface area contributed by atoms with E-state index >= 15 is 0 Å². The second-order valence-electron chi connectivity index (χ2n) is 5.43. The van der Waals surface area contributed by atoms with E-state index in [1.54, 1.807) is 12.1 Å². The summed E-state index contributed by atoms with van der Waals surface area (Å²) in [5.74, 6) is 0.422. The normalized spacial score (nSPS) is 31.6. The molecule has 1 aromatic rings. The lowest BCUT2D eigenvalue weighted by atomic mass is 9.86. The number of hydrogen-bond acceptors (Lipinski definition) is 1. The molecular weight excluding hydrogens is 239 g/mol. The van der Waals surface area contributed by atoms with E-state index in [1.165, 1.54) is 25.0 Å². The SMILES string of the molecule is FC(F)(F)c1ccc(C2C[C@H]3CC[C@@H](C2)N3)cc1. The Kier molecular flexibility index (Phi) is 2.85. The lowest BCUT2D eigenvalue weighted by Gasteiger charge is -2.29. The van der Waals surface area contributed by atoms with Gasteiger partial charge < -0.3 is 5.32 Å². The molecule has 2 aliphatic rings. The van der Waals surface area contributed by atoms with E-state index in [9.17, 15) is 13.2 Å². The molecule has 2 aliphatic heterocycles. The van der Waals surface area contributed by atoms with E-state index in [0.717, 1.165) is 18.4 Å². The zero-order chi connectivity index (χ0) is 12.8. The van der Waals surface area contributed by atoms with Gasteiger partial charge in [0.05, 0.1) is 5.56 Å². The summed E-state index contributed by atoms with van der Waals surface area (Å²) in [5.41, 5.74) is 0.504. The molecule has 18 heavy (non-hydrogen) atoms. The molecule has 0 aromatic heterocycles. The van der Waals surface area contributed by atoms with Gasteiger partial charge in [-0.1, -0.05) is 12.1 Å². The van der Waals surface area contributed by atoms with E-state index < -0.39 is 11.7 Å². The predicted octanol–water partition coefficient (Wildman–Crippen LogP) is 3.70. The summed E-state index contributed by atoms with van der Waals surface area (Å²) < 4.78 is 37.5. The molecule has 1 aromatic carbocycles. The summed E-state index contributed by atoms with van der Waals surface area (Å²) in [4.78, 5) is 0. The second-order valence-corrected chi connectivity index (χ2v) is 5.43. The maximum absolute atomic E-state index is 12.5. The molecule has 2 bridgehead atoms. The van der Waals surface area contributed by atoms with Gasteiger partial charge in [0.1, 0.15) is 0 Å². The Morgan fingerprint density at radius 1 is 0.944 bits per heavy atom. The number of benzene rings is 1. The Balaban J connectivity index is 1.77. The quantitative estimate of drug-likeness (QED) is 0.806. The maximum Gasteiger partial charge on any atom is 0.416 e. The number of halogens is 3. The zero-order valence-corrected chi connectivity index (χ0v) is 10.0. The van der Waals surface area contributed by atoms with E-state index in [4.69, 9.17) is 0 Å². The van der Waals surface area contributed by atoms with Gasteiger partial charge in [0.2, 0.25) is 0 Å². The largest absolute Gasteiger partial charge is 0.416 e. The fourth-order valence-electron chi connectivity index (χ4n) is 3.27. The molecule has 0 aliphatic carbocycles. The summed E-state index contributed by atoms with van der Waals surface area (Å²) in [6, 6.07) is 6.85. The van der Waals surface area contributed by atoms with Crippen molar-refractivity contribution < 1.29 is 13.2 Å². The first-order valence-corrected chi connectivity index (χ1v) is 6.45. The van der Waals surface area contributed by atoms with E-state index in [1.807, 2.05) is 0 Å². The highest BCUT2D eigenvalue weighted by molar-refractivity contribution is 5.28. The molecule has 3 atom stereocenters. The number of fused-ring (bicyclic) bond motifs is 2. The zero-order valence-electron chi connectivity index (χ0n) is 10.0. The van der Waals surface area contributed by atoms with Gasteiger partial charge in [-0.3, -0.25) is 0 Å². The molecule has 2 heterocycles. The third kappa shape index (κ3) is 2.26. The van der Waals surface area contributed by atoms with Gasteiger partial charge in [0, 0.05) is 12.1 Å². The summed E-state index contributed by atoms with van der Waals surface area (Å²) in [6.45, 7) is 0. The van der Waals surface area contributed by atoms with Gasteiger partial charge in [-0.2, -0.15) is 13.2 Å². The van der Waals surface area contributed by atoms with E-state index in [0.29, 0.717) is 18.0 Å². The van der Waals surface area contributed by atoms with Gasteiger partial charge in [0.25, 0.3) is 0 Å². The van der Waals surface area contributed by atoms with Crippen LogP contribution in [0, 0.1) is 0 Å². The van der Waals surface area contributed by atoms with Crippen molar-refractivity contribution in [3.63, 3.8) is 0 Å². The first kappa shape index (κ1) is 12.0. The van der Waals surface area contributed by atoms with Gasteiger partial charge >= 0.3 is 6.18 Å². The predicted molar refractivity (Wildman–Crippen MR) is 63.4 cm³/mol. The molecule has 4 heteroatoms. The van der Waals surface area contributed by atoms with Crippen LogP contribution in [-0.4, -0.2) is 12.1 Å². The summed E-state index contributed by atoms with van der Waals surface area (Å²) in [7, 11) is 0. The minimum Gasteiger partial charge on any atom is -0.311 e. The number of hydrogen-bond donors (Lipinski definition) is 1. The first-order valence-electron chi connectivity index (χ1n) is 6.45. The summed E-state index contributed by atoms with van der Waals surface area (Å²) in [5, 5.41) is 3.55. The molecule has 1 unspecified atom stereocenters. The average Bonchev–Trinajstić information content (AvgIpc) is 2.67. The van der Waals surface area contributed by atoms with Gasteiger partial charge in [-0.25, -0.2) is 0 Å². The van der Waals surface area contributed by atoms with Gasteiger partial charge in [0.15, 0.2) is 0 Å². The molecule has 0 saturated carbocycles. The molecule has 2 fully saturated rings. The lowest BCUT2D eigenvalue weighted by molar-refractivity contribution is -0.137. The Bertz CT molecular complexity index is 412. The number of nitrogens with one attached hydrogen (secondary N) is 1. The van der Waals surface area contributed by atoms with Crippen LogP contribution in [0.1, 0.15) is 42.7 Å². The lowest BCUT2D eigenvalue weighted by Crippen LogP contribution is -2.37. The molecule has 98 valence electrons. The minimum atomic E-state index is -4.23. The van der Waals surface area contributed by atoms with Crippen LogP contribution in [0.25, 0.3) is 0 Å². The second kappa shape index (κ2) is 4.26. The highest BCUT2D eigenvalue weighted by Gasteiger charge is 2.35. The summed E-state index contributed by atoms with van der Waals surface area (Å²) in [6.07, 6.45) is 0.305. The van der Waals surface area contributed by atoms with Crippen LogP contribution >= 0.6 is 0 Å². The topological polar surface area (TPSA) is 12.0 Å². The highest BCUT2D eigenvalue weighted by Crippen LogP contribution is 2.38. The minimum absolute atomic E-state index is 0.422. The smallest absolute Gasteiger partial charge is 0.311 e. The van der Waals surface area contributed by atoms with Crippen molar-refractivity contribution in [3.8, 4) is 0 Å². The van der Waals surface area contributed by atoms with Crippen LogP contribution in [0.2, 0.25) is 0 Å². The first-order chi connectivity index (χ1) is 8.52. The van der Waals surface area contributed by atoms with Crippen LogP contribution in [0.15, 0.2) is 24.3 Å². The van der Waals surface area contributed by atoms with Crippen LogP contribution in [0.4, 0.5) is 13.2 Å². The van der Waals surface area contributed by atoms with Crippen molar-refractivity contribution >= 4 is 0 Å². The molecule has 1 N–H and O–H groups in total. The van der Waals surface area contributed by atoms with E-state index in [2.05, 4.69) is 5.32 Å². The molecule has 1 nitrogen and oxygen atoms in total. The Morgan fingerprint density at radius 3 is 2.00 bits per heavy atom. The third-order valence-corrected chi connectivity index (χ3v) is 4.18. The number of alkyl halides is 3. The number of rotatable bonds is 1. The van der Waals surface area contributed by atoms with Crippen molar-refractivity contribution in [1.82, 2.24) is 5.32 Å². The van der Waals surface area contributed by atoms with Crippen molar-refractivity contribution in [2.24, 2.45) is 0 Å². The molecule has 0 amide bonds. The van der Waals surface area contributed by atoms with Crippen molar-refractivity contribution in [1.29, 1.82) is 0 Å². The van der Waals surface area contributed by atoms with Crippen LogP contribution in [0.3, 0.4) is 0 Å². The van der Waals surface area contributed by atoms with Gasteiger partial charge in [-0.15, -0.1) is 0 Å². The van der Waals surface area contributed by atoms with Crippen molar-refractivity contribution in [3.05, 3.63) is 35.4 Å². The van der Waals surface area contributed by atoms with E-state index in [-0.39, 0.29) is 0 Å². The standard InChI is InChI=1S/C14H16F3N/c15-14(16,17)11-3-1-9(2-4-11)10-7-12-5-6-13(8-10)18-12/h1-4,10,12-13,18H,5-8H2/t10?,12-,13+. The fourth-order valence-corrected chi connectivity index (χ4v) is 3.27. The van der Waals surface area contributed by atoms with Gasteiger partial charge in [-0.05, 0) is 49.3 Å². The van der Waals surface area contributed by atoms with Crippen LogP contribution in [0.5, 0.6) is 0 Å². The highest BCUT2D eigenvalue weighted by atomic mass is 19.4. The fraction of sp³-hybridized carbons (Fsp3) is 0.571. The van der Waals surface area contributed by atoms with Crippen molar-refractivity contribution in [2.75, 3.05) is 0 Å². The molecule has 0 spiro atoms. The monoisotopic (exact) mass is 255 g/mol. The Hall–Kier alpha value is -1.03. The van der Waals surface area contributed by atoms with Crippen LogP contribution < -0.4 is 5.32 Å². The average molecular weight is 255 g/mol. The molecule has 2 saturated heterocycles. The maximum atomic E-state index is 12.5.